The second-order valence-corrected chi connectivity index (χ2v) is 10.4. The molecule has 37 heavy (non-hydrogen) atoms. The molecule has 3 aromatic carbocycles. The van der Waals surface area contributed by atoms with Crippen LogP contribution < -0.4 is 10.1 Å². The first-order valence-corrected chi connectivity index (χ1v) is 13.2. The van der Waals surface area contributed by atoms with Crippen molar-refractivity contribution in [3.05, 3.63) is 98.0 Å². The Bertz CT molecular complexity index is 1210. The van der Waals surface area contributed by atoms with Gasteiger partial charge in [0.1, 0.15) is 11.8 Å². The molecule has 2 amide bonds. The van der Waals surface area contributed by atoms with Crippen molar-refractivity contribution < 1.29 is 14.3 Å². The number of aryl methyl sites for hydroxylation is 2. The second kappa shape index (κ2) is 13.2. The van der Waals surface area contributed by atoms with Gasteiger partial charge in [-0.1, -0.05) is 71.2 Å². The summed E-state index contributed by atoms with van der Waals surface area (Å²) in [5, 5.41) is 4.44. The van der Waals surface area contributed by atoms with E-state index in [0.717, 1.165) is 16.7 Å². The summed E-state index contributed by atoms with van der Waals surface area (Å²) in [6.45, 7) is 7.28. The first-order valence-electron chi connectivity index (χ1n) is 12.0. The largest absolute Gasteiger partial charge is 0.484 e. The Morgan fingerprint density at radius 1 is 0.919 bits per heavy atom. The van der Waals surface area contributed by atoms with Gasteiger partial charge in [-0.2, -0.15) is 0 Å². The summed E-state index contributed by atoms with van der Waals surface area (Å²) < 4.78 is 5.88. The topological polar surface area (TPSA) is 58.6 Å². The van der Waals surface area contributed by atoms with E-state index in [2.05, 4.69) is 5.32 Å². The van der Waals surface area contributed by atoms with Crippen LogP contribution in [0.25, 0.3) is 0 Å². The van der Waals surface area contributed by atoms with Crippen molar-refractivity contribution >= 4 is 46.6 Å². The average Bonchev–Trinajstić information content (AvgIpc) is 2.84. The number of amides is 2. The van der Waals surface area contributed by atoms with E-state index >= 15 is 0 Å². The summed E-state index contributed by atoms with van der Waals surface area (Å²) in [5.74, 6) is -0.121. The Hall–Kier alpha value is -2.73. The third-order valence-electron chi connectivity index (χ3n) is 5.86. The minimum Gasteiger partial charge on any atom is -0.484 e. The lowest BCUT2D eigenvalue weighted by Crippen LogP contribution is -2.52. The van der Waals surface area contributed by atoms with Gasteiger partial charge in [0, 0.05) is 39.6 Å². The smallest absolute Gasteiger partial charge is 0.261 e. The third kappa shape index (κ3) is 7.88. The van der Waals surface area contributed by atoms with Crippen LogP contribution in [0.5, 0.6) is 5.75 Å². The van der Waals surface area contributed by atoms with Crippen LogP contribution in [0.1, 0.15) is 36.1 Å². The molecular formula is C29H31Cl3N2O3. The predicted octanol–water partition coefficient (Wildman–Crippen LogP) is 6.81. The van der Waals surface area contributed by atoms with E-state index in [1.807, 2.05) is 58.0 Å². The van der Waals surface area contributed by atoms with Crippen molar-refractivity contribution in [2.75, 3.05) is 6.61 Å². The lowest BCUT2D eigenvalue weighted by molar-refractivity contribution is -0.143. The van der Waals surface area contributed by atoms with Crippen molar-refractivity contribution in [1.29, 1.82) is 0 Å². The van der Waals surface area contributed by atoms with Gasteiger partial charge >= 0.3 is 0 Å². The van der Waals surface area contributed by atoms with E-state index in [1.54, 1.807) is 30.3 Å². The normalized spacial score (nSPS) is 11.8. The fourth-order valence-corrected chi connectivity index (χ4v) is 4.63. The molecule has 1 N–H and O–H groups in total. The molecule has 0 aliphatic heterocycles. The SMILES string of the molecule is Cc1cc(OCC(=O)N(Cc2c(Cl)cccc2Cl)[C@H](Cc2ccccc2)C(=O)NC(C)C)cc(C)c1Cl. The number of rotatable bonds is 10. The van der Waals surface area contributed by atoms with Crippen LogP contribution in [-0.4, -0.2) is 35.4 Å². The van der Waals surface area contributed by atoms with Crippen LogP contribution in [0.2, 0.25) is 15.1 Å². The Balaban J connectivity index is 1.97. The van der Waals surface area contributed by atoms with Crippen molar-refractivity contribution in [1.82, 2.24) is 10.2 Å². The summed E-state index contributed by atoms with van der Waals surface area (Å²) in [4.78, 5) is 28.6. The molecular weight excluding hydrogens is 531 g/mol. The molecule has 0 aliphatic rings. The zero-order valence-corrected chi connectivity index (χ0v) is 23.6. The van der Waals surface area contributed by atoms with Crippen LogP contribution >= 0.6 is 34.8 Å². The van der Waals surface area contributed by atoms with Crippen molar-refractivity contribution in [3.8, 4) is 5.75 Å². The highest BCUT2D eigenvalue weighted by molar-refractivity contribution is 6.36. The van der Waals surface area contributed by atoms with Crippen LogP contribution in [0.4, 0.5) is 0 Å². The lowest BCUT2D eigenvalue weighted by Gasteiger charge is -2.32. The molecule has 196 valence electrons. The number of nitrogens with zero attached hydrogens (tertiary/aromatic N) is 1. The molecule has 1 atom stereocenters. The summed E-state index contributed by atoms with van der Waals surface area (Å²) in [6, 6.07) is 17.4. The molecule has 3 aromatic rings. The minimum absolute atomic E-state index is 0.0440. The summed E-state index contributed by atoms with van der Waals surface area (Å²) in [6.07, 6.45) is 0.312. The number of hydrogen-bond acceptors (Lipinski definition) is 3. The number of ether oxygens (including phenoxy) is 1. The summed E-state index contributed by atoms with van der Waals surface area (Å²) in [5.41, 5.74) is 3.18. The predicted molar refractivity (Wildman–Crippen MR) is 151 cm³/mol. The van der Waals surface area contributed by atoms with E-state index in [4.69, 9.17) is 39.5 Å². The van der Waals surface area contributed by atoms with E-state index in [0.29, 0.717) is 32.8 Å². The second-order valence-electron chi connectivity index (χ2n) is 9.25. The van der Waals surface area contributed by atoms with Gasteiger partial charge in [0.2, 0.25) is 5.91 Å². The Labute approximate surface area is 233 Å². The molecule has 0 heterocycles. The van der Waals surface area contributed by atoms with Gasteiger partial charge in [-0.05, 0) is 68.7 Å². The Kier molecular flexibility index (Phi) is 10.3. The number of nitrogens with one attached hydrogen (secondary N) is 1. The van der Waals surface area contributed by atoms with Gasteiger partial charge in [0.05, 0.1) is 0 Å². The van der Waals surface area contributed by atoms with Gasteiger partial charge < -0.3 is 15.0 Å². The molecule has 5 nitrogen and oxygen atoms in total. The number of carbonyl (C=O) groups is 2. The fraction of sp³-hybridized carbons (Fsp3) is 0.310. The third-order valence-corrected chi connectivity index (χ3v) is 7.17. The van der Waals surface area contributed by atoms with E-state index < -0.39 is 6.04 Å². The number of hydrogen-bond donors (Lipinski definition) is 1. The van der Waals surface area contributed by atoms with Gasteiger partial charge in [-0.15, -0.1) is 0 Å². The van der Waals surface area contributed by atoms with Crippen LogP contribution in [-0.2, 0) is 22.6 Å². The van der Waals surface area contributed by atoms with Gasteiger partial charge in [0.15, 0.2) is 6.61 Å². The highest BCUT2D eigenvalue weighted by Crippen LogP contribution is 2.28. The summed E-state index contributed by atoms with van der Waals surface area (Å²) in [7, 11) is 0. The Morgan fingerprint density at radius 2 is 1.51 bits per heavy atom. The van der Waals surface area contributed by atoms with Gasteiger partial charge in [0.25, 0.3) is 5.91 Å². The van der Waals surface area contributed by atoms with E-state index in [9.17, 15) is 9.59 Å². The maximum Gasteiger partial charge on any atom is 0.261 e. The molecule has 0 saturated carbocycles. The van der Waals surface area contributed by atoms with E-state index in [1.165, 1.54) is 4.90 Å². The van der Waals surface area contributed by atoms with Crippen molar-refractivity contribution in [2.24, 2.45) is 0 Å². The fourth-order valence-electron chi connectivity index (χ4n) is 4.01. The highest BCUT2D eigenvalue weighted by Gasteiger charge is 2.32. The minimum atomic E-state index is -0.818. The van der Waals surface area contributed by atoms with Gasteiger partial charge in [-0.3, -0.25) is 9.59 Å². The van der Waals surface area contributed by atoms with Crippen molar-refractivity contribution in [2.45, 2.75) is 52.7 Å². The van der Waals surface area contributed by atoms with Crippen LogP contribution in [0.3, 0.4) is 0 Å². The van der Waals surface area contributed by atoms with E-state index in [-0.39, 0.29) is 31.0 Å². The molecule has 0 aliphatic carbocycles. The lowest BCUT2D eigenvalue weighted by atomic mass is 10.0. The molecule has 8 heteroatoms. The summed E-state index contributed by atoms with van der Waals surface area (Å²) >= 11 is 19.2. The van der Waals surface area contributed by atoms with Gasteiger partial charge in [-0.25, -0.2) is 0 Å². The quantitative estimate of drug-likeness (QED) is 0.296. The molecule has 0 unspecified atom stereocenters. The molecule has 0 aromatic heterocycles. The highest BCUT2D eigenvalue weighted by atomic mass is 35.5. The van der Waals surface area contributed by atoms with Crippen LogP contribution in [0.15, 0.2) is 60.7 Å². The standard InChI is InChI=1S/C29H31Cl3N2O3/c1-18(2)33-29(36)26(15-21-9-6-5-7-10-21)34(16-23-24(30)11-8-12-25(23)31)27(35)17-37-22-13-19(3)28(32)20(4)14-22/h5-14,18,26H,15-17H2,1-4H3,(H,33,36)/t26-/m1/s1. The molecule has 0 spiro atoms. The zero-order valence-electron chi connectivity index (χ0n) is 21.4. The molecule has 0 fully saturated rings. The molecule has 0 saturated heterocycles. The maximum atomic E-state index is 13.7. The number of carbonyl (C=O) groups excluding carboxylic acids is 2. The molecule has 3 rings (SSSR count). The van der Waals surface area contributed by atoms with Crippen LogP contribution in [0, 0.1) is 13.8 Å². The number of halogens is 3. The molecule has 0 bridgehead atoms. The zero-order chi connectivity index (χ0) is 27.1. The van der Waals surface area contributed by atoms with Crippen molar-refractivity contribution in [3.63, 3.8) is 0 Å². The molecule has 0 radical (unpaired) electrons. The maximum absolute atomic E-state index is 13.7. The number of benzene rings is 3. The Morgan fingerprint density at radius 3 is 2.08 bits per heavy atom. The average molecular weight is 562 g/mol. The first kappa shape index (κ1) is 28.8. The monoisotopic (exact) mass is 560 g/mol. The first-order chi connectivity index (χ1) is 17.6.